The second-order valence-corrected chi connectivity index (χ2v) is 8.70. The second kappa shape index (κ2) is 5.14. The van der Waals surface area contributed by atoms with Crippen molar-refractivity contribution >= 4 is 12.1 Å². The molecule has 5 nitrogen and oxygen atoms in total. The van der Waals surface area contributed by atoms with Crippen molar-refractivity contribution in [2.45, 2.75) is 70.9 Å². The maximum absolute atomic E-state index is 12.1. The van der Waals surface area contributed by atoms with E-state index < -0.39 is 23.7 Å². The van der Waals surface area contributed by atoms with Crippen LogP contribution in [0.2, 0.25) is 0 Å². The van der Waals surface area contributed by atoms with E-state index in [0.717, 1.165) is 19.3 Å². The molecular weight excluding hydrogens is 282 g/mol. The number of aliphatic carboxylic acids is 1. The minimum Gasteiger partial charge on any atom is -0.480 e. The number of carbonyl (C=O) groups excluding carboxylic acids is 1. The summed E-state index contributed by atoms with van der Waals surface area (Å²) in [5.74, 6) is 1.02. The first-order valence-electron chi connectivity index (χ1n) is 8.39. The predicted octanol–water partition coefficient (Wildman–Crippen LogP) is 3.18. The fourth-order valence-electron chi connectivity index (χ4n) is 5.43. The molecule has 0 aromatic heterocycles. The fraction of sp³-hybridized carbons (Fsp3) is 0.882. The number of carbonyl (C=O) groups is 2. The molecule has 4 fully saturated rings. The van der Waals surface area contributed by atoms with Crippen molar-refractivity contribution in [1.29, 1.82) is 0 Å². The molecule has 1 amide bonds. The average Bonchev–Trinajstić information content (AvgIpc) is 2.31. The van der Waals surface area contributed by atoms with Gasteiger partial charge < -0.3 is 15.2 Å². The van der Waals surface area contributed by atoms with Crippen LogP contribution in [-0.2, 0) is 9.53 Å². The first-order valence-corrected chi connectivity index (χ1v) is 8.39. The Kier molecular flexibility index (Phi) is 3.65. The van der Waals surface area contributed by atoms with Crippen LogP contribution in [0.5, 0.6) is 0 Å². The minimum atomic E-state index is -0.923. The van der Waals surface area contributed by atoms with Crippen LogP contribution in [0.1, 0.15) is 59.3 Å². The third kappa shape index (κ3) is 2.95. The molecule has 0 aliphatic heterocycles. The van der Waals surface area contributed by atoms with Crippen LogP contribution in [-0.4, -0.2) is 28.8 Å². The quantitative estimate of drug-likeness (QED) is 0.839. The molecule has 4 aliphatic carbocycles. The van der Waals surface area contributed by atoms with Crippen molar-refractivity contribution in [1.82, 2.24) is 5.32 Å². The summed E-state index contributed by atoms with van der Waals surface area (Å²) < 4.78 is 5.27. The number of amides is 1. The van der Waals surface area contributed by atoms with E-state index in [1.807, 2.05) is 0 Å². The smallest absolute Gasteiger partial charge is 0.408 e. The molecule has 4 aliphatic rings. The van der Waals surface area contributed by atoms with E-state index in [1.54, 1.807) is 20.8 Å². The minimum absolute atomic E-state index is 0.266. The molecule has 2 N–H and O–H groups in total. The van der Waals surface area contributed by atoms with Gasteiger partial charge in [-0.25, -0.2) is 9.59 Å². The van der Waals surface area contributed by atoms with E-state index in [4.69, 9.17) is 4.74 Å². The monoisotopic (exact) mass is 309 g/mol. The Morgan fingerprint density at radius 1 is 1.09 bits per heavy atom. The number of alkyl carbamates (subject to hydrolysis) is 1. The number of ether oxygens (including phenoxy) is 1. The van der Waals surface area contributed by atoms with Gasteiger partial charge in [-0.3, -0.25) is 0 Å². The van der Waals surface area contributed by atoms with Crippen molar-refractivity contribution in [3.8, 4) is 0 Å². The lowest BCUT2D eigenvalue weighted by Crippen LogP contribution is -2.60. The number of rotatable bonds is 3. The van der Waals surface area contributed by atoms with E-state index in [1.165, 1.54) is 19.3 Å². The molecule has 124 valence electrons. The fourth-order valence-corrected chi connectivity index (χ4v) is 5.43. The van der Waals surface area contributed by atoms with Gasteiger partial charge in [-0.15, -0.1) is 0 Å². The first-order chi connectivity index (χ1) is 10.2. The Morgan fingerprint density at radius 2 is 1.55 bits per heavy atom. The Morgan fingerprint density at radius 3 is 1.91 bits per heavy atom. The Hall–Kier alpha value is -1.26. The molecule has 4 bridgehead atoms. The van der Waals surface area contributed by atoms with Crippen molar-refractivity contribution in [2.24, 2.45) is 23.2 Å². The van der Waals surface area contributed by atoms with Crippen molar-refractivity contribution in [2.75, 3.05) is 0 Å². The molecule has 4 rings (SSSR count). The van der Waals surface area contributed by atoms with E-state index >= 15 is 0 Å². The molecule has 0 saturated heterocycles. The van der Waals surface area contributed by atoms with Crippen LogP contribution in [0.15, 0.2) is 0 Å². The summed E-state index contributed by atoms with van der Waals surface area (Å²) in [7, 11) is 0. The molecule has 22 heavy (non-hydrogen) atoms. The predicted molar refractivity (Wildman–Crippen MR) is 81.4 cm³/mol. The summed E-state index contributed by atoms with van der Waals surface area (Å²) in [5.41, 5.74) is -0.883. The van der Waals surface area contributed by atoms with E-state index in [9.17, 15) is 14.7 Å². The molecule has 0 radical (unpaired) electrons. The Labute approximate surface area is 131 Å². The molecule has 1 atom stereocenters. The summed E-state index contributed by atoms with van der Waals surface area (Å²) in [4.78, 5) is 23.9. The molecule has 0 aromatic rings. The van der Waals surface area contributed by atoms with Crippen molar-refractivity contribution in [3.05, 3.63) is 0 Å². The van der Waals surface area contributed by atoms with Crippen LogP contribution in [0.4, 0.5) is 4.79 Å². The maximum atomic E-state index is 12.1. The van der Waals surface area contributed by atoms with Gasteiger partial charge in [-0.1, -0.05) is 0 Å². The lowest BCUT2D eigenvalue weighted by molar-refractivity contribution is -0.151. The zero-order valence-corrected chi connectivity index (χ0v) is 13.7. The largest absolute Gasteiger partial charge is 0.480 e. The highest BCUT2D eigenvalue weighted by molar-refractivity contribution is 5.81. The van der Waals surface area contributed by atoms with Gasteiger partial charge in [-0.2, -0.15) is 0 Å². The summed E-state index contributed by atoms with van der Waals surface area (Å²) in [6, 6.07) is -0.823. The number of carboxylic acid groups (broad SMARTS) is 1. The highest BCUT2D eigenvalue weighted by atomic mass is 16.6. The normalized spacial score (nSPS) is 37.7. The molecule has 5 heteroatoms. The molecular formula is C17H27NO4. The zero-order valence-electron chi connectivity index (χ0n) is 13.7. The van der Waals surface area contributed by atoms with E-state index in [-0.39, 0.29) is 5.41 Å². The molecule has 1 unspecified atom stereocenters. The van der Waals surface area contributed by atoms with E-state index in [0.29, 0.717) is 17.8 Å². The van der Waals surface area contributed by atoms with Gasteiger partial charge in [0.1, 0.15) is 11.6 Å². The molecule has 0 heterocycles. The Balaban J connectivity index is 1.77. The summed E-state index contributed by atoms with van der Waals surface area (Å²) in [5, 5.41) is 12.4. The second-order valence-electron chi connectivity index (χ2n) is 8.70. The van der Waals surface area contributed by atoms with Crippen LogP contribution in [0, 0.1) is 23.2 Å². The van der Waals surface area contributed by atoms with Gasteiger partial charge in [0.2, 0.25) is 0 Å². The summed E-state index contributed by atoms with van der Waals surface area (Å²) >= 11 is 0. The lowest BCUT2D eigenvalue weighted by Gasteiger charge is -2.58. The maximum Gasteiger partial charge on any atom is 0.408 e. The van der Waals surface area contributed by atoms with Crippen molar-refractivity contribution in [3.63, 3.8) is 0 Å². The molecule has 0 spiro atoms. The topological polar surface area (TPSA) is 75.6 Å². The highest BCUT2D eigenvalue weighted by Gasteiger charge is 2.56. The Bertz CT molecular complexity index is 444. The van der Waals surface area contributed by atoms with Gasteiger partial charge in [0.15, 0.2) is 0 Å². The number of nitrogens with one attached hydrogen (secondary N) is 1. The third-order valence-corrected chi connectivity index (χ3v) is 5.61. The van der Waals surface area contributed by atoms with Crippen LogP contribution >= 0.6 is 0 Å². The van der Waals surface area contributed by atoms with Gasteiger partial charge in [-0.05, 0) is 77.0 Å². The summed E-state index contributed by atoms with van der Waals surface area (Å²) in [6.07, 6.45) is 5.94. The zero-order chi connectivity index (χ0) is 16.1. The number of hydrogen-bond acceptors (Lipinski definition) is 3. The van der Waals surface area contributed by atoms with Crippen LogP contribution in [0.3, 0.4) is 0 Å². The number of carboxylic acids is 1. The summed E-state index contributed by atoms with van der Waals surface area (Å²) in [6.45, 7) is 5.35. The lowest BCUT2D eigenvalue weighted by atomic mass is 9.47. The van der Waals surface area contributed by atoms with Crippen molar-refractivity contribution < 1.29 is 19.4 Å². The first kappa shape index (κ1) is 15.6. The van der Waals surface area contributed by atoms with Gasteiger partial charge >= 0.3 is 12.1 Å². The molecule has 4 saturated carbocycles. The van der Waals surface area contributed by atoms with Gasteiger partial charge in [0.05, 0.1) is 0 Å². The molecule has 0 aromatic carbocycles. The van der Waals surface area contributed by atoms with E-state index in [2.05, 4.69) is 5.32 Å². The van der Waals surface area contributed by atoms with Crippen LogP contribution in [0.25, 0.3) is 0 Å². The average molecular weight is 309 g/mol. The van der Waals surface area contributed by atoms with Gasteiger partial charge in [0.25, 0.3) is 0 Å². The van der Waals surface area contributed by atoms with Gasteiger partial charge in [0, 0.05) is 5.41 Å². The third-order valence-electron chi connectivity index (χ3n) is 5.61. The number of hydrogen-bond donors (Lipinski definition) is 2. The highest BCUT2D eigenvalue weighted by Crippen LogP contribution is 2.61. The SMILES string of the molecule is CC(C)(C)OC(=O)NC(C(=O)O)C12CC3CC(CC(C3)C1)C2. The van der Waals surface area contributed by atoms with Crippen LogP contribution < -0.4 is 5.32 Å². The standard InChI is InChI=1S/C17H27NO4/c1-16(2,3)22-15(21)18-13(14(19)20)17-7-10-4-11(8-17)6-12(5-10)9-17/h10-13H,4-9H2,1-3H3,(H,18,21)(H,19,20).